The fourth-order valence-corrected chi connectivity index (χ4v) is 1.84. The second kappa shape index (κ2) is 5.83. The molecular formula is C15H22BrN. The lowest BCUT2D eigenvalue weighted by Crippen LogP contribution is -2.36. The molecule has 0 heterocycles. The highest BCUT2D eigenvalue weighted by Crippen LogP contribution is 2.19. The van der Waals surface area contributed by atoms with Crippen LogP contribution >= 0.6 is 15.9 Å². The van der Waals surface area contributed by atoms with Gasteiger partial charge in [0.15, 0.2) is 0 Å². The van der Waals surface area contributed by atoms with E-state index in [9.17, 15) is 0 Å². The minimum Gasteiger partial charge on any atom is -0.308 e. The van der Waals surface area contributed by atoms with Gasteiger partial charge in [0.05, 0.1) is 0 Å². The number of aryl methyl sites for hydroxylation is 1. The molecule has 1 aromatic rings. The smallest absolute Gasteiger partial charge is 0.0210 e. The molecule has 17 heavy (non-hydrogen) atoms. The molecule has 0 unspecified atom stereocenters. The topological polar surface area (TPSA) is 12.0 Å². The first-order valence-corrected chi connectivity index (χ1v) is 6.75. The molecule has 94 valence electrons. The van der Waals surface area contributed by atoms with Gasteiger partial charge in [-0.15, -0.1) is 0 Å². The lowest BCUT2D eigenvalue weighted by Gasteiger charge is -2.20. The molecule has 0 aliphatic rings. The van der Waals surface area contributed by atoms with E-state index in [1.165, 1.54) is 21.2 Å². The van der Waals surface area contributed by atoms with Crippen molar-refractivity contribution in [3.05, 3.63) is 39.4 Å². The molecule has 0 atom stereocenters. The van der Waals surface area contributed by atoms with Gasteiger partial charge >= 0.3 is 0 Å². The fourth-order valence-electron chi connectivity index (χ4n) is 1.44. The summed E-state index contributed by atoms with van der Waals surface area (Å²) in [4.78, 5) is 0. The van der Waals surface area contributed by atoms with Crippen LogP contribution in [0.1, 0.15) is 38.8 Å². The second-order valence-electron chi connectivity index (χ2n) is 5.60. The number of hydrogen-bond donors (Lipinski definition) is 1. The van der Waals surface area contributed by atoms with Crippen LogP contribution in [0.15, 0.2) is 28.2 Å². The first-order chi connectivity index (χ1) is 7.78. The summed E-state index contributed by atoms with van der Waals surface area (Å²) in [5.74, 6) is 0. The Morgan fingerprint density at radius 2 is 2.00 bits per heavy atom. The Morgan fingerprint density at radius 3 is 2.53 bits per heavy atom. The summed E-state index contributed by atoms with van der Waals surface area (Å²) >= 11 is 3.56. The van der Waals surface area contributed by atoms with Crippen molar-refractivity contribution in [2.75, 3.05) is 6.54 Å². The van der Waals surface area contributed by atoms with Gasteiger partial charge in [-0.1, -0.05) is 39.7 Å². The summed E-state index contributed by atoms with van der Waals surface area (Å²) in [6.07, 6.45) is 2.23. The van der Waals surface area contributed by atoms with Crippen LogP contribution in [-0.2, 0) is 0 Å². The molecule has 0 aliphatic heterocycles. The zero-order valence-electron chi connectivity index (χ0n) is 11.4. The van der Waals surface area contributed by atoms with E-state index in [0.717, 1.165) is 6.54 Å². The average Bonchev–Trinajstić information content (AvgIpc) is 2.20. The van der Waals surface area contributed by atoms with Crippen LogP contribution in [0.3, 0.4) is 0 Å². The predicted molar refractivity (Wildman–Crippen MR) is 80.3 cm³/mol. The van der Waals surface area contributed by atoms with Gasteiger partial charge in [-0.3, -0.25) is 0 Å². The van der Waals surface area contributed by atoms with E-state index in [-0.39, 0.29) is 5.54 Å². The van der Waals surface area contributed by atoms with Crippen LogP contribution in [0.5, 0.6) is 0 Å². The molecule has 1 N–H and O–H groups in total. The predicted octanol–water partition coefficient (Wildman–Crippen LogP) is 4.55. The van der Waals surface area contributed by atoms with Gasteiger partial charge in [0, 0.05) is 16.6 Å². The van der Waals surface area contributed by atoms with E-state index in [4.69, 9.17) is 0 Å². The van der Waals surface area contributed by atoms with E-state index in [0.29, 0.717) is 0 Å². The molecule has 0 saturated carbocycles. The number of hydrogen-bond acceptors (Lipinski definition) is 1. The minimum absolute atomic E-state index is 0.170. The Morgan fingerprint density at radius 1 is 1.35 bits per heavy atom. The molecular weight excluding hydrogens is 274 g/mol. The molecule has 0 aromatic heterocycles. The van der Waals surface area contributed by atoms with Gasteiger partial charge < -0.3 is 5.32 Å². The van der Waals surface area contributed by atoms with Crippen molar-refractivity contribution in [1.29, 1.82) is 0 Å². The van der Waals surface area contributed by atoms with Crippen molar-refractivity contribution in [1.82, 2.24) is 5.32 Å². The number of rotatable bonds is 3. The lowest BCUT2D eigenvalue weighted by atomic mass is 10.1. The molecule has 0 fully saturated rings. The quantitative estimate of drug-likeness (QED) is 0.863. The molecule has 0 aliphatic carbocycles. The first-order valence-electron chi connectivity index (χ1n) is 5.96. The van der Waals surface area contributed by atoms with Crippen molar-refractivity contribution < 1.29 is 0 Å². The van der Waals surface area contributed by atoms with Crippen LogP contribution in [-0.4, -0.2) is 12.1 Å². The molecule has 1 rings (SSSR count). The summed E-state index contributed by atoms with van der Waals surface area (Å²) in [5.41, 5.74) is 4.03. The van der Waals surface area contributed by atoms with Crippen LogP contribution in [0.25, 0.3) is 6.08 Å². The van der Waals surface area contributed by atoms with Gasteiger partial charge in [-0.25, -0.2) is 0 Å². The zero-order chi connectivity index (χ0) is 13.1. The van der Waals surface area contributed by atoms with Crippen LogP contribution in [0, 0.1) is 6.92 Å². The van der Waals surface area contributed by atoms with Gasteiger partial charge in [-0.2, -0.15) is 0 Å². The number of halogens is 1. The number of benzene rings is 1. The summed E-state index contributed by atoms with van der Waals surface area (Å²) in [5, 5.41) is 3.49. The van der Waals surface area contributed by atoms with Crippen molar-refractivity contribution >= 4 is 22.0 Å². The monoisotopic (exact) mass is 295 g/mol. The van der Waals surface area contributed by atoms with Gasteiger partial charge in [-0.05, 0) is 51.8 Å². The summed E-state index contributed by atoms with van der Waals surface area (Å²) in [7, 11) is 0. The Labute approximate surface area is 113 Å². The zero-order valence-corrected chi connectivity index (χ0v) is 13.0. The van der Waals surface area contributed by atoms with E-state index in [2.05, 4.69) is 80.1 Å². The Bertz CT molecular complexity index is 413. The third-order valence-electron chi connectivity index (χ3n) is 2.51. The normalized spacial score (nSPS) is 12.9. The molecule has 1 nitrogen and oxygen atoms in total. The maximum atomic E-state index is 3.56. The van der Waals surface area contributed by atoms with Gasteiger partial charge in [0.1, 0.15) is 0 Å². The van der Waals surface area contributed by atoms with Gasteiger partial charge in [0.2, 0.25) is 0 Å². The molecule has 0 amide bonds. The first kappa shape index (κ1) is 14.5. The van der Waals surface area contributed by atoms with E-state index < -0.39 is 0 Å². The third kappa shape index (κ3) is 5.51. The molecule has 0 spiro atoms. The highest BCUT2D eigenvalue weighted by atomic mass is 79.9. The second-order valence-corrected chi connectivity index (χ2v) is 6.46. The Kier molecular flexibility index (Phi) is 4.96. The van der Waals surface area contributed by atoms with Gasteiger partial charge in [0.25, 0.3) is 0 Å². The van der Waals surface area contributed by atoms with Crippen molar-refractivity contribution in [3.8, 4) is 0 Å². The lowest BCUT2D eigenvalue weighted by molar-refractivity contribution is 0.445. The molecule has 0 bridgehead atoms. The average molecular weight is 296 g/mol. The summed E-state index contributed by atoms with van der Waals surface area (Å²) < 4.78 is 1.17. The molecule has 0 saturated heterocycles. The van der Waals surface area contributed by atoms with Crippen molar-refractivity contribution in [3.63, 3.8) is 0 Å². The van der Waals surface area contributed by atoms with Crippen LogP contribution in [0.2, 0.25) is 0 Å². The van der Waals surface area contributed by atoms with E-state index in [1.54, 1.807) is 0 Å². The van der Waals surface area contributed by atoms with Crippen molar-refractivity contribution in [2.24, 2.45) is 0 Å². The minimum atomic E-state index is 0.170. The SMILES string of the molecule is C/C(=C/c1ccc(C)c(Br)c1)CNC(C)(C)C. The standard InChI is InChI=1S/C15H22BrN/c1-11(10-17-15(3,4)5)8-13-7-6-12(2)14(16)9-13/h6-9,17H,10H2,1-5H3/b11-8-. The van der Waals surface area contributed by atoms with Crippen LogP contribution < -0.4 is 5.32 Å². The maximum Gasteiger partial charge on any atom is 0.0210 e. The molecule has 1 aromatic carbocycles. The maximum absolute atomic E-state index is 3.56. The summed E-state index contributed by atoms with van der Waals surface area (Å²) in [6.45, 7) is 11.7. The Hall–Kier alpha value is -0.600. The highest BCUT2D eigenvalue weighted by molar-refractivity contribution is 9.10. The van der Waals surface area contributed by atoms with E-state index in [1.807, 2.05) is 0 Å². The largest absolute Gasteiger partial charge is 0.308 e. The molecule has 0 radical (unpaired) electrons. The third-order valence-corrected chi connectivity index (χ3v) is 3.36. The van der Waals surface area contributed by atoms with Crippen molar-refractivity contribution in [2.45, 2.75) is 40.2 Å². The van der Waals surface area contributed by atoms with Crippen LogP contribution in [0.4, 0.5) is 0 Å². The Balaban J connectivity index is 2.71. The van der Waals surface area contributed by atoms with E-state index >= 15 is 0 Å². The molecule has 2 heteroatoms. The fraction of sp³-hybridized carbons (Fsp3) is 0.467. The highest BCUT2D eigenvalue weighted by Gasteiger charge is 2.07. The number of nitrogens with one attached hydrogen (secondary N) is 1. The summed E-state index contributed by atoms with van der Waals surface area (Å²) in [6, 6.07) is 6.46.